The molecule has 0 aliphatic carbocycles. The Labute approximate surface area is 142 Å². The number of rotatable bonds is 7. The zero-order valence-electron chi connectivity index (χ0n) is 12.7. The molecule has 0 amide bonds. The summed E-state index contributed by atoms with van der Waals surface area (Å²) in [6.07, 6.45) is -1.72. The highest BCUT2D eigenvalue weighted by Gasteiger charge is 2.30. The van der Waals surface area contributed by atoms with E-state index >= 15 is 0 Å². The molecule has 0 aliphatic rings. The van der Waals surface area contributed by atoms with Crippen LogP contribution in [0.25, 0.3) is 0 Å². The van der Waals surface area contributed by atoms with Crippen molar-refractivity contribution in [3.05, 3.63) is 64.2 Å². The molecule has 0 heterocycles. The highest BCUT2D eigenvalue weighted by atomic mass is 32.2. The molecule has 0 spiro atoms. The normalized spacial score (nSPS) is 13.1. The first-order valence-corrected chi connectivity index (χ1v) is 7.77. The first-order chi connectivity index (χ1) is 11.4. The van der Waals surface area contributed by atoms with Crippen LogP contribution in [-0.4, -0.2) is 34.3 Å². The molecule has 2 aromatic rings. The number of carboxylic acid groups (broad SMARTS) is 1. The van der Waals surface area contributed by atoms with Crippen molar-refractivity contribution in [3.63, 3.8) is 0 Å². The van der Waals surface area contributed by atoms with E-state index < -0.39 is 22.2 Å². The van der Waals surface area contributed by atoms with Crippen LogP contribution in [0.1, 0.15) is 10.8 Å². The van der Waals surface area contributed by atoms with Gasteiger partial charge in [-0.2, -0.15) is 0 Å². The molecule has 0 saturated heterocycles. The molecule has 0 saturated carbocycles. The molecular formula is C16H15NO6S. The zero-order chi connectivity index (χ0) is 17.7. The molecule has 0 unspecified atom stereocenters. The van der Waals surface area contributed by atoms with Gasteiger partial charge in [-0.25, -0.2) is 4.79 Å². The van der Waals surface area contributed by atoms with E-state index in [1.165, 1.54) is 25.3 Å². The minimum absolute atomic E-state index is 0.140. The first-order valence-electron chi connectivity index (χ1n) is 6.89. The van der Waals surface area contributed by atoms with E-state index in [0.29, 0.717) is 11.3 Å². The van der Waals surface area contributed by atoms with Crippen molar-refractivity contribution >= 4 is 23.4 Å². The van der Waals surface area contributed by atoms with Crippen LogP contribution in [0.3, 0.4) is 0 Å². The Kier molecular flexibility index (Phi) is 5.78. The predicted molar refractivity (Wildman–Crippen MR) is 88.3 cm³/mol. The lowest BCUT2D eigenvalue weighted by Crippen LogP contribution is -2.26. The Morgan fingerprint density at radius 2 is 1.83 bits per heavy atom. The molecule has 7 nitrogen and oxygen atoms in total. The van der Waals surface area contributed by atoms with Gasteiger partial charge in [0.2, 0.25) is 0 Å². The summed E-state index contributed by atoms with van der Waals surface area (Å²) in [5.74, 6) is -0.820. The maximum Gasteiger partial charge on any atom is 0.334 e. The van der Waals surface area contributed by atoms with Crippen LogP contribution in [0.4, 0.5) is 5.69 Å². The molecule has 126 valence electrons. The quantitative estimate of drug-likeness (QED) is 0.449. The second-order valence-corrected chi connectivity index (χ2v) is 6.00. The third kappa shape index (κ3) is 4.03. The molecule has 2 rings (SSSR count). The number of methoxy groups -OCH3 is 1. The molecular weight excluding hydrogens is 334 g/mol. The van der Waals surface area contributed by atoms with Crippen molar-refractivity contribution in [2.45, 2.75) is 16.2 Å². The van der Waals surface area contributed by atoms with Crippen LogP contribution in [0.5, 0.6) is 5.75 Å². The Hall–Kier alpha value is -2.58. The number of nitro benzene ring substituents is 1. The summed E-state index contributed by atoms with van der Waals surface area (Å²) in [5.41, 5.74) is 0.382. The Bertz CT molecular complexity index is 734. The van der Waals surface area contributed by atoms with E-state index in [-0.39, 0.29) is 10.6 Å². The molecule has 0 aliphatic heterocycles. The van der Waals surface area contributed by atoms with Crippen LogP contribution in [-0.2, 0) is 4.79 Å². The van der Waals surface area contributed by atoms with Crippen molar-refractivity contribution in [3.8, 4) is 5.75 Å². The van der Waals surface area contributed by atoms with Gasteiger partial charge in [-0.1, -0.05) is 24.3 Å². The number of nitro groups is 1. The van der Waals surface area contributed by atoms with Crippen LogP contribution in [0, 0.1) is 10.1 Å². The molecule has 2 aromatic carbocycles. The summed E-state index contributed by atoms with van der Waals surface area (Å²) in [7, 11) is 1.50. The van der Waals surface area contributed by atoms with Crippen molar-refractivity contribution in [1.82, 2.24) is 0 Å². The monoisotopic (exact) mass is 349 g/mol. The van der Waals surface area contributed by atoms with E-state index in [9.17, 15) is 20.0 Å². The summed E-state index contributed by atoms with van der Waals surface area (Å²) in [4.78, 5) is 22.1. The average molecular weight is 349 g/mol. The van der Waals surface area contributed by atoms with Gasteiger partial charge in [-0.15, -0.1) is 11.8 Å². The smallest absolute Gasteiger partial charge is 0.334 e. The van der Waals surface area contributed by atoms with Gasteiger partial charge >= 0.3 is 5.97 Å². The second-order valence-electron chi connectivity index (χ2n) is 4.82. The molecule has 24 heavy (non-hydrogen) atoms. The fourth-order valence-electron chi connectivity index (χ4n) is 2.08. The number of carboxylic acids is 1. The minimum atomic E-state index is -1.72. The highest BCUT2D eigenvalue weighted by molar-refractivity contribution is 7.99. The van der Waals surface area contributed by atoms with Gasteiger partial charge in [0, 0.05) is 6.07 Å². The number of hydrogen-bond donors (Lipinski definition) is 2. The largest absolute Gasteiger partial charge is 0.497 e. The standard InChI is InChI=1S/C16H15NO6S/c1-23-11-8-6-10(7-9-11)15(14(18)16(19)20)24-13-5-3-2-4-12(13)17(21)22/h2-9,14-15,18H,1H3,(H,19,20)/t14-,15-/m0/s1. The number of thioether (sulfide) groups is 1. The number of aliphatic hydroxyl groups excluding tert-OH is 1. The summed E-state index contributed by atoms with van der Waals surface area (Å²) in [5, 5.41) is 29.4. The number of hydrogen-bond acceptors (Lipinski definition) is 6. The fraction of sp³-hybridized carbons (Fsp3) is 0.188. The number of benzene rings is 2. The van der Waals surface area contributed by atoms with E-state index in [4.69, 9.17) is 9.84 Å². The maximum atomic E-state index is 11.2. The lowest BCUT2D eigenvalue weighted by Gasteiger charge is -2.20. The van der Waals surface area contributed by atoms with Crippen LogP contribution in [0.15, 0.2) is 53.4 Å². The molecule has 2 N–H and O–H groups in total. The fourth-order valence-corrected chi connectivity index (χ4v) is 3.31. The summed E-state index contributed by atoms with van der Waals surface area (Å²) >= 11 is 0.933. The first kappa shape index (κ1) is 17.8. The zero-order valence-corrected chi connectivity index (χ0v) is 13.5. The van der Waals surface area contributed by atoms with Gasteiger partial charge in [-0.3, -0.25) is 10.1 Å². The minimum Gasteiger partial charge on any atom is -0.497 e. The molecule has 0 fully saturated rings. The Morgan fingerprint density at radius 1 is 1.21 bits per heavy atom. The SMILES string of the molecule is COc1ccc([C@H](Sc2ccccc2[N+](=O)[O-])[C@H](O)C(=O)O)cc1. The van der Waals surface area contributed by atoms with Gasteiger partial charge in [0.25, 0.3) is 5.69 Å². The molecule has 8 heteroatoms. The van der Waals surface area contributed by atoms with E-state index in [0.717, 1.165) is 11.8 Å². The number of ether oxygens (including phenoxy) is 1. The van der Waals surface area contributed by atoms with E-state index in [1.54, 1.807) is 30.3 Å². The summed E-state index contributed by atoms with van der Waals surface area (Å²) < 4.78 is 5.05. The highest BCUT2D eigenvalue weighted by Crippen LogP contribution is 2.42. The molecule has 0 radical (unpaired) electrons. The number of para-hydroxylation sites is 1. The van der Waals surface area contributed by atoms with Crippen molar-refractivity contribution < 1.29 is 24.7 Å². The van der Waals surface area contributed by atoms with E-state index in [2.05, 4.69) is 0 Å². The second kappa shape index (κ2) is 7.80. The number of carbonyl (C=O) groups is 1. The van der Waals surface area contributed by atoms with Crippen LogP contribution in [0.2, 0.25) is 0 Å². The number of aliphatic carboxylic acids is 1. The number of nitrogens with zero attached hydrogens (tertiary/aromatic N) is 1. The lowest BCUT2D eigenvalue weighted by atomic mass is 10.1. The average Bonchev–Trinajstić information content (AvgIpc) is 2.59. The van der Waals surface area contributed by atoms with Crippen LogP contribution < -0.4 is 4.74 Å². The van der Waals surface area contributed by atoms with Crippen molar-refractivity contribution in [1.29, 1.82) is 0 Å². The molecule has 0 bridgehead atoms. The topological polar surface area (TPSA) is 110 Å². The van der Waals surface area contributed by atoms with Gasteiger partial charge in [-0.05, 0) is 23.8 Å². The molecule has 0 aromatic heterocycles. The molecule has 2 atom stereocenters. The van der Waals surface area contributed by atoms with Gasteiger partial charge in [0.05, 0.1) is 22.2 Å². The van der Waals surface area contributed by atoms with Crippen LogP contribution >= 0.6 is 11.8 Å². The predicted octanol–water partition coefficient (Wildman–Crippen LogP) is 2.88. The maximum absolute atomic E-state index is 11.2. The summed E-state index contributed by atoms with van der Waals surface area (Å²) in [6.45, 7) is 0. The van der Waals surface area contributed by atoms with Gasteiger partial charge < -0.3 is 14.9 Å². The van der Waals surface area contributed by atoms with E-state index in [1.807, 2.05) is 0 Å². The Morgan fingerprint density at radius 3 is 2.38 bits per heavy atom. The van der Waals surface area contributed by atoms with Gasteiger partial charge in [0.15, 0.2) is 6.10 Å². The summed E-state index contributed by atoms with van der Waals surface area (Å²) in [6, 6.07) is 12.5. The Balaban J connectivity index is 2.40. The van der Waals surface area contributed by atoms with Gasteiger partial charge in [0.1, 0.15) is 5.75 Å². The van der Waals surface area contributed by atoms with Crippen molar-refractivity contribution in [2.24, 2.45) is 0 Å². The lowest BCUT2D eigenvalue weighted by molar-refractivity contribution is -0.387. The van der Waals surface area contributed by atoms with Crippen molar-refractivity contribution in [2.75, 3.05) is 7.11 Å². The number of aliphatic hydroxyl groups is 1. The third-order valence-corrected chi connectivity index (χ3v) is 4.68. The third-order valence-electron chi connectivity index (χ3n) is 3.30.